The van der Waals surface area contributed by atoms with Crippen molar-refractivity contribution >= 4 is 10.0 Å². The molecule has 0 aromatic rings. The topological polar surface area (TPSA) is 69.6 Å². The van der Waals surface area contributed by atoms with Crippen molar-refractivity contribution in [2.24, 2.45) is 0 Å². The molecule has 0 aromatic heterocycles. The fourth-order valence-electron chi connectivity index (χ4n) is 1.68. The summed E-state index contributed by atoms with van der Waals surface area (Å²) in [6.07, 6.45) is 1.60. The Morgan fingerprint density at radius 2 is 2.27 bits per heavy atom. The summed E-state index contributed by atoms with van der Waals surface area (Å²) in [5, 5.41) is 11.7. The number of likely N-dealkylation sites (N-methyl/N-ethyl adjacent to an activating group) is 1. The first kappa shape index (κ1) is 12.9. The molecule has 2 unspecified atom stereocenters. The summed E-state index contributed by atoms with van der Waals surface area (Å²) < 4.78 is 25.4. The maximum Gasteiger partial charge on any atom is 0.218 e. The van der Waals surface area contributed by atoms with Crippen molar-refractivity contribution in [1.82, 2.24) is 9.62 Å². The summed E-state index contributed by atoms with van der Waals surface area (Å²) in [6.45, 7) is 2.97. The highest BCUT2D eigenvalue weighted by atomic mass is 32.2. The third kappa shape index (κ3) is 2.90. The zero-order valence-corrected chi connectivity index (χ0v) is 10.1. The highest BCUT2D eigenvalue weighted by Gasteiger charge is 2.32. The van der Waals surface area contributed by atoms with E-state index in [0.717, 1.165) is 13.0 Å². The summed E-state index contributed by atoms with van der Waals surface area (Å²) in [6, 6.07) is -0.350. The van der Waals surface area contributed by atoms with Gasteiger partial charge in [0.1, 0.15) is 0 Å². The minimum absolute atomic E-state index is 0.143. The molecule has 1 aliphatic heterocycles. The molecule has 0 radical (unpaired) electrons. The first-order chi connectivity index (χ1) is 7.00. The normalized spacial score (nSPS) is 25.5. The van der Waals surface area contributed by atoms with Gasteiger partial charge in [-0.25, -0.2) is 8.42 Å². The van der Waals surface area contributed by atoms with E-state index in [0.29, 0.717) is 13.0 Å². The van der Waals surface area contributed by atoms with Crippen molar-refractivity contribution in [2.45, 2.75) is 31.1 Å². The summed E-state index contributed by atoms with van der Waals surface area (Å²) in [5.74, 6) is 0. The summed E-state index contributed by atoms with van der Waals surface area (Å²) in [4.78, 5) is 0. The van der Waals surface area contributed by atoms with Gasteiger partial charge in [-0.3, -0.25) is 0 Å². The standard InChI is InChI=1S/C9H20N2O3S/c1-8(7-12)11(2)15(13,14)9-4-3-5-10-6-9/h8-10,12H,3-7H2,1-2H3. The second-order valence-electron chi connectivity index (χ2n) is 4.06. The first-order valence-electron chi connectivity index (χ1n) is 5.28. The summed E-state index contributed by atoms with van der Waals surface area (Å²) in [7, 11) is -1.73. The maximum atomic E-state index is 12.1. The number of nitrogens with zero attached hydrogens (tertiary/aromatic N) is 1. The average Bonchev–Trinajstić information content (AvgIpc) is 2.28. The van der Waals surface area contributed by atoms with Gasteiger partial charge in [0.25, 0.3) is 0 Å². The van der Waals surface area contributed by atoms with E-state index in [4.69, 9.17) is 5.11 Å². The fourth-order valence-corrected chi connectivity index (χ4v) is 3.51. The van der Waals surface area contributed by atoms with E-state index in [1.807, 2.05) is 0 Å². The maximum absolute atomic E-state index is 12.1. The minimum Gasteiger partial charge on any atom is -0.395 e. The Balaban J connectivity index is 2.72. The smallest absolute Gasteiger partial charge is 0.218 e. The van der Waals surface area contributed by atoms with Crippen LogP contribution in [0.4, 0.5) is 0 Å². The van der Waals surface area contributed by atoms with E-state index in [2.05, 4.69) is 5.32 Å². The molecule has 0 spiro atoms. The quantitative estimate of drug-likeness (QED) is 0.682. The molecule has 1 heterocycles. The average molecular weight is 236 g/mol. The third-order valence-corrected chi connectivity index (χ3v) is 5.37. The Morgan fingerprint density at radius 3 is 2.73 bits per heavy atom. The monoisotopic (exact) mass is 236 g/mol. The number of aliphatic hydroxyl groups is 1. The van der Waals surface area contributed by atoms with Crippen molar-refractivity contribution in [3.05, 3.63) is 0 Å². The van der Waals surface area contributed by atoms with Crippen LogP contribution >= 0.6 is 0 Å². The van der Waals surface area contributed by atoms with Gasteiger partial charge in [0.05, 0.1) is 11.9 Å². The van der Waals surface area contributed by atoms with Crippen molar-refractivity contribution in [3.8, 4) is 0 Å². The molecular formula is C9H20N2O3S. The predicted molar refractivity (Wildman–Crippen MR) is 59.1 cm³/mol. The van der Waals surface area contributed by atoms with E-state index in [1.165, 1.54) is 11.4 Å². The van der Waals surface area contributed by atoms with Gasteiger partial charge < -0.3 is 10.4 Å². The molecule has 1 saturated heterocycles. The molecule has 5 nitrogen and oxygen atoms in total. The lowest BCUT2D eigenvalue weighted by atomic mass is 10.2. The molecular weight excluding hydrogens is 216 g/mol. The van der Waals surface area contributed by atoms with Crippen molar-refractivity contribution in [1.29, 1.82) is 0 Å². The zero-order valence-electron chi connectivity index (χ0n) is 9.31. The van der Waals surface area contributed by atoms with Gasteiger partial charge in [-0.05, 0) is 26.3 Å². The molecule has 1 rings (SSSR count). The van der Waals surface area contributed by atoms with Crippen LogP contribution in [0.3, 0.4) is 0 Å². The van der Waals surface area contributed by atoms with E-state index in [9.17, 15) is 8.42 Å². The lowest BCUT2D eigenvalue weighted by Crippen LogP contribution is -2.48. The molecule has 1 fully saturated rings. The van der Waals surface area contributed by atoms with E-state index < -0.39 is 10.0 Å². The lowest BCUT2D eigenvalue weighted by Gasteiger charge is -2.30. The Morgan fingerprint density at radius 1 is 1.60 bits per heavy atom. The molecule has 90 valence electrons. The molecule has 2 atom stereocenters. The minimum atomic E-state index is -3.26. The molecule has 0 saturated carbocycles. The van der Waals surface area contributed by atoms with E-state index in [-0.39, 0.29) is 17.9 Å². The molecule has 15 heavy (non-hydrogen) atoms. The number of nitrogens with one attached hydrogen (secondary N) is 1. The van der Waals surface area contributed by atoms with Crippen molar-refractivity contribution in [3.63, 3.8) is 0 Å². The fraction of sp³-hybridized carbons (Fsp3) is 1.00. The van der Waals surface area contributed by atoms with Gasteiger partial charge in [-0.15, -0.1) is 0 Å². The van der Waals surface area contributed by atoms with Gasteiger partial charge in [-0.1, -0.05) is 0 Å². The van der Waals surface area contributed by atoms with E-state index >= 15 is 0 Å². The molecule has 0 aromatic carbocycles. The molecule has 0 aliphatic carbocycles. The first-order valence-corrected chi connectivity index (χ1v) is 6.79. The van der Waals surface area contributed by atoms with Crippen molar-refractivity contribution in [2.75, 3.05) is 26.7 Å². The zero-order chi connectivity index (χ0) is 11.5. The number of hydrogen-bond donors (Lipinski definition) is 2. The van der Waals surface area contributed by atoms with Gasteiger partial charge in [-0.2, -0.15) is 4.31 Å². The van der Waals surface area contributed by atoms with Crippen LogP contribution in [-0.2, 0) is 10.0 Å². The molecule has 6 heteroatoms. The van der Waals surface area contributed by atoms with Crippen molar-refractivity contribution < 1.29 is 13.5 Å². The second kappa shape index (κ2) is 5.25. The molecule has 0 amide bonds. The van der Waals surface area contributed by atoms with Crippen LogP contribution in [0.5, 0.6) is 0 Å². The number of piperidine rings is 1. The van der Waals surface area contributed by atoms with E-state index in [1.54, 1.807) is 6.92 Å². The van der Waals surface area contributed by atoms with Gasteiger partial charge in [0.2, 0.25) is 10.0 Å². The van der Waals surface area contributed by atoms with Gasteiger partial charge >= 0.3 is 0 Å². The number of hydrogen-bond acceptors (Lipinski definition) is 4. The Labute approximate surface area is 91.5 Å². The highest BCUT2D eigenvalue weighted by molar-refractivity contribution is 7.89. The van der Waals surface area contributed by atoms with Gasteiger partial charge in [0, 0.05) is 19.6 Å². The SMILES string of the molecule is CC(CO)N(C)S(=O)(=O)C1CCCNC1. The molecule has 1 aliphatic rings. The lowest BCUT2D eigenvalue weighted by molar-refractivity contribution is 0.212. The number of rotatable bonds is 4. The Hall–Kier alpha value is -0.170. The van der Waals surface area contributed by atoms with Crippen LogP contribution in [0.25, 0.3) is 0 Å². The van der Waals surface area contributed by atoms with Crippen LogP contribution in [-0.4, -0.2) is 55.9 Å². The summed E-state index contributed by atoms with van der Waals surface area (Å²) in [5.41, 5.74) is 0. The largest absolute Gasteiger partial charge is 0.395 e. The Bertz CT molecular complexity index is 278. The predicted octanol–water partition coefficient (Wildman–Crippen LogP) is -0.619. The third-order valence-electron chi connectivity index (χ3n) is 2.96. The van der Waals surface area contributed by atoms with Crippen LogP contribution in [0.1, 0.15) is 19.8 Å². The van der Waals surface area contributed by atoms with Crippen LogP contribution in [0.2, 0.25) is 0 Å². The number of sulfonamides is 1. The second-order valence-corrected chi connectivity index (χ2v) is 6.33. The molecule has 0 bridgehead atoms. The van der Waals surface area contributed by atoms with Gasteiger partial charge in [0.15, 0.2) is 0 Å². The Kier molecular flexibility index (Phi) is 4.51. The van der Waals surface area contributed by atoms with Crippen LogP contribution in [0.15, 0.2) is 0 Å². The highest BCUT2D eigenvalue weighted by Crippen LogP contribution is 2.16. The van der Waals surface area contributed by atoms with Crippen LogP contribution < -0.4 is 5.32 Å². The number of aliphatic hydroxyl groups excluding tert-OH is 1. The van der Waals surface area contributed by atoms with Crippen LogP contribution in [0, 0.1) is 0 Å². The molecule has 2 N–H and O–H groups in total. The summed E-state index contributed by atoms with van der Waals surface area (Å²) >= 11 is 0.